The van der Waals surface area contributed by atoms with Crippen molar-refractivity contribution in [2.24, 2.45) is 0 Å². The summed E-state index contributed by atoms with van der Waals surface area (Å²) in [6.45, 7) is 0. The molecule has 0 atom stereocenters. The van der Waals surface area contributed by atoms with Crippen LogP contribution in [0.25, 0.3) is 0 Å². The first-order chi connectivity index (χ1) is 11.5. The number of halogens is 1. The number of nitrogens with zero attached hydrogens (tertiary/aromatic N) is 1. The van der Waals surface area contributed by atoms with Gasteiger partial charge >= 0.3 is 0 Å². The number of thioether (sulfide) groups is 1. The molecule has 24 heavy (non-hydrogen) atoms. The number of hydrogen-bond donors (Lipinski definition) is 3. The molecule has 126 valence electrons. The molecule has 0 aliphatic rings. The number of benzene rings is 1. The Kier molecular flexibility index (Phi) is 6.39. The van der Waals surface area contributed by atoms with Gasteiger partial charge in [0, 0.05) is 23.8 Å². The molecule has 1 heterocycles. The van der Waals surface area contributed by atoms with Crippen molar-refractivity contribution in [1.82, 2.24) is 15.3 Å². The summed E-state index contributed by atoms with van der Waals surface area (Å²) in [5, 5.41) is 5.96. The minimum absolute atomic E-state index is 0.00267. The topological polar surface area (TPSA) is 104 Å². The molecule has 9 heteroatoms. The first-order valence-electron chi connectivity index (χ1n) is 6.95. The van der Waals surface area contributed by atoms with Gasteiger partial charge in [-0.1, -0.05) is 29.4 Å². The van der Waals surface area contributed by atoms with Crippen molar-refractivity contribution in [3.63, 3.8) is 0 Å². The lowest BCUT2D eigenvalue weighted by Gasteiger charge is -2.06. The Morgan fingerprint density at radius 2 is 2.08 bits per heavy atom. The monoisotopic (exact) mass is 366 g/mol. The number of likely N-dealkylation sites (N-methyl/N-ethyl adjacent to an activating group) is 1. The normalized spacial score (nSPS) is 10.2. The number of nitrogens with one attached hydrogen (secondary N) is 3. The van der Waals surface area contributed by atoms with Crippen molar-refractivity contribution in [3.05, 3.63) is 51.4 Å². The molecule has 2 amide bonds. The zero-order valence-electron chi connectivity index (χ0n) is 12.8. The van der Waals surface area contributed by atoms with Gasteiger partial charge in [0.25, 0.3) is 5.56 Å². The van der Waals surface area contributed by atoms with E-state index < -0.39 is 0 Å². The summed E-state index contributed by atoms with van der Waals surface area (Å²) in [5.74, 6) is -0.455. The van der Waals surface area contributed by atoms with Gasteiger partial charge in [-0.3, -0.25) is 14.4 Å². The molecule has 0 aliphatic carbocycles. The van der Waals surface area contributed by atoms with E-state index >= 15 is 0 Å². The number of H-pyrrole nitrogens is 1. The lowest BCUT2D eigenvalue weighted by Crippen LogP contribution is -2.22. The fourth-order valence-corrected chi connectivity index (χ4v) is 2.68. The molecule has 2 rings (SSSR count). The van der Waals surface area contributed by atoms with Crippen LogP contribution in [0.4, 0.5) is 5.69 Å². The smallest absolute Gasteiger partial charge is 0.251 e. The van der Waals surface area contributed by atoms with Crippen LogP contribution in [0.1, 0.15) is 5.69 Å². The molecule has 3 N–H and O–H groups in total. The van der Waals surface area contributed by atoms with Gasteiger partial charge in [-0.05, 0) is 18.2 Å². The van der Waals surface area contributed by atoms with Gasteiger partial charge in [0.05, 0.1) is 17.9 Å². The molecule has 0 spiro atoms. The summed E-state index contributed by atoms with van der Waals surface area (Å²) >= 11 is 6.92. The number of carbonyl (C=O) groups is 2. The largest absolute Gasteiger partial charge is 0.359 e. The fraction of sp³-hybridized carbons (Fsp3) is 0.200. The predicted octanol–water partition coefficient (Wildman–Crippen LogP) is 1.44. The van der Waals surface area contributed by atoms with E-state index in [1.54, 1.807) is 24.3 Å². The number of aromatic nitrogens is 2. The van der Waals surface area contributed by atoms with Crippen LogP contribution < -0.4 is 16.2 Å². The van der Waals surface area contributed by atoms with E-state index in [0.717, 1.165) is 11.8 Å². The van der Waals surface area contributed by atoms with Crippen LogP contribution >= 0.6 is 23.4 Å². The Morgan fingerprint density at radius 1 is 1.29 bits per heavy atom. The second kappa shape index (κ2) is 8.51. The van der Waals surface area contributed by atoms with E-state index in [9.17, 15) is 14.4 Å². The molecule has 0 aliphatic heterocycles. The molecule has 0 bridgehead atoms. The van der Waals surface area contributed by atoms with Gasteiger partial charge in [0.2, 0.25) is 11.8 Å². The molecule has 0 radical (unpaired) electrons. The maximum absolute atomic E-state index is 11.9. The van der Waals surface area contributed by atoms with E-state index in [1.165, 1.54) is 13.1 Å². The molecule has 0 unspecified atom stereocenters. The fourth-order valence-electron chi connectivity index (χ4n) is 1.79. The molecule has 0 saturated heterocycles. The third kappa shape index (κ3) is 5.71. The highest BCUT2D eigenvalue weighted by Gasteiger charge is 2.09. The summed E-state index contributed by atoms with van der Waals surface area (Å²) in [5.41, 5.74) is 0.556. The molecule has 1 aromatic heterocycles. The summed E-state index contributed by atoms with van der Waals surface area (Å²) < 4.78 is 0. The van der Waals surface area contributed by atoms with Crippen LogP contribution in [0.3, 0.4) is 0 Å². The Hall–Kier alpha value is -2.32. The lowest BCUT2D eigenvalue weighted by molar-refractivity contribution is -0.120. The second-order valence-corrected chi connectivity index (χ2v) is 6.14. The Morgan fingerprint density at radius 3 is 2.79 bits per heavy atom. The summed E-state index contributed by atoms with van der Waals surface area (Å²) in [6.07, 6.45) is 0.00267. The molecular weight excluding hydrogens is 352 g/mol. The van der Waals surface area contributed by atoms with Crippen LogP contribution in [-0.4, -0.2) is 34.6 Å². The Balaban J connectivity index is 1.97. The van der Waals surface area contributed by atoms with Crippen molar-refractivity contribution in [2.75, 3.05) is 18.1 Å². The number of amides is 2. The van der Waals surface area contributed by atoms with Crippen LogP contribution in [0.2, 0.25) is 5.02 Å². The molecule has 0 fully saturated rings. The molecule has 2 aromatic rings. The molecular formula is C15H15ClN4O3S. The van der Waals surface area contributed by atoms with Crippen molar-refractivity contribution in [3.8, 4) is 0 Å². The zero-order chi connectivity index (χ0) is 17.5. The van der Waals surface area contributed by atoms with Gasteiger partial charge in [-0.15, -0.1) is 0 Å². The molecule has 7 nitrogen and oxygen atoms in total. The zero-order valence-corrected chi connectivity index (χ0v) is 14.3. The minimum Gasteiger partial charge on any atom is -0.359 e. The third-order valence-electron chi connectivity index (χ3n) is 2.84. The van der Waals surface area contributed by atoms with Crippen LogP contribution in [0.5, 0.6) is 0 Å². The van der Waals surface area contributed by atoms with Gasteiger partial charge in [0.15, 0.2) is 5.16 Å². The highest BCUT2D eigenvalue weighted by atomic mass is 35.5. The summed E-state index contributed by atoms with van der Waals surface area (Å²) in [6, 6.07) is 8.04. The summed E-state index contributed by atoms with van der Waals surface area (Å²) in [7, 11) is 1.51. The van der Waals surface area contributed by atoms with Crippen LogP contribution in [-0.2, 0) is 16.0 Å². The second-order valence-electron chi connectivity index (χ2n) is 4.74. The molecule has 1 aromatic carbocycles. The van der Waals surface area contributed by atoms with E-state index in [-0.39, 0.29) is 34.7 Å². The maximum Gasteiger partial charge on any atom is 0.251 e. The van der Waals surface area contributed by atoms with E-state index in [0.29, 0.717) is 16.4 Å². The highest BCUT2D eigenvalue weighted by molar-refractivity contribution is 7.99. The van der Waals surface area contributed by atoms with Gasteiger partial charge in [-0.2, -0.15) is 0 Å². The molecule has 0 saturated carbocycles. The Bertz CT molecular complexity index is 809. The van der Waals surface area contributed by atoms with E-state index in [1.807, 2.05) is 0 Å². The van der Waals surface area contributed by atoms with Gasteiger partial charge in [0.1, 0.15) is 0 Å². The lowest BCUT2D eigenvalue weighted by atomic mass is 10.3. The minimum atomic E-state index is -0.373. The number of carbonyl (C=O) groups excluding carboxylic acids is 2. The van der Waals surface area contributed by atoms with Gasteiger partial charge in [-0.25, -0.2) is 4.98 Å². The van der Waals surface area contributed by atoms with E-state index in [4.69, 9.17) is 11.6 Å². The first kappa shape index (κ1) is 18.0. The first-order valence-corrected chi connectivity index (χ1v) is 8.31. The third-order valence-corrected chi connectivity index (χ3v) is 3.95. The van der Waals surface area contributed by atoms with Crippen molar-refractivity contribution >= 4 is 40.9 Å². The summed E-state index contributed by atoms with van der Waals surface area (Å²) in [4.78, 5) is 41.6. The highest BCUT2D eigenvalue weighted by Crippen LogP contribution is 2.16. The van der Waals surface area contributed by atoms with Crippen molar-refractivity contribution in [1.29, 1.82) is 0 Å². The van der Waals surface area contributed by atoms with Gasteiger partial charge < -0.3 is 15.6 Å². The van der Waals surface area contributed by atoms with Crippen LogP contribution in [0.15, 0.2) is 40.3 Å². The van der Waals surface area contributed by atoms with Crippen molar-refractivity contribution in [2.45, 2.75) is 11.6 Å². The van der Waals surface area contributed by atoms with E-state index in [2.05, 4.69) is 20.6 Å². The van der Waals surface area contributed by atoms with Crippen LogP contribution in [0, 0.1) is 0 Å². The number of hydrogen-bond acceptors (Lipinski definition) is 5. The van der Waals surface area contributed by atoms with Crippen molar-refractivity contribution < 1.29 is 9.59 Å². The number of rotatable bonds is 6. The predicted molar refractivity (Wildman–Crippen MR) is 93.4 cm³/mol. The Labute approximate surface area is 147 Å². The number of aromatic amines is 1. The SMILES string of the molecule is CNC(=O)Cc1cc(=O)[nH]c(SCC(=O)Nc2cccc(Cl)c2)n1. The quantitative estimate of drug-likeness (QED) is 0.530. The average molecular weight is 367 g/mol. The maximum atomic E-state index is 11.9. The number of anilines is 1. The standard InChI is InChI=1S/C15H15ClN4O3S/c1-17-12(21)6-11-7-13(22)20-15(19-11)24-8-14(23)18-10-4-2-3-9(16)5-10/h2-5,7H,6,8H2,1H3,(H,17,21)(H,18,23)(H,19,20,22). The average Bonchev–Trinajstić information content (AvgIpc) is 2.52.